The number of halogens is 1. The van der Waals surface area contributed by atoms with Crippen molar-refractivity contribution in [3.63, 3.8) is 0 Å². The number of ether oxygens (including phenoxy) is 1. The van der Waals surface area contributed by atoms with Crippen LogP contribution in [0.4, 0.5) is 4.39 Å². The van der Waals surface area contributed by atoms with Gasteiger partial charge in [-0.15, -0.1) is 0 Å². The molecule has 2 rings (SSSR count). The van der Waals surface area contributed by atoms with Crippen LogP contribution in [-0.4, -0.2) is 8.07 Å². The van der Waals surface area contributed by atoms with Crippen molar-refractivity contribution >= 4 is 13.6 Å². The van der Waals surface area contributed by atoms with Gasteiger partial charge >= 0.3 is 0 Å². The van der Waals surface area contributed by atoms with E-state index >= 15 is 0 Å². The molecule has 1 nitrogen and oxygen atoms in total. The Morgan fingerprint density at radius 1 is 0.893 bits per heavy atom. The third-order valence-electron chi connectivity index (χ3n) is 6.53. The van der Waals surface area contributed by atoms with E-state index in [1.54, 1.807) is 12.1 Å². The number of allylic oxidation sites excluding steroid dienone is 2. The van der Waals surface area contributed by atoms with Gasteiger partial charge in [-0.2, -0.15) is 0 Å². The molecule has 0 aromatic heterocycles. The topological polar surface area (TPSA) is 9.23 Å². The predicted octanol–water partition coefficient (Wildman–Crippen LogP) is 8.67. The highest BCUT2D eigenvalue weighted by atomic mass is 28.3. The first-order chi connectivity index (χ1) is 13.2. The Labute approximate surface area is 173 Å². The van der Waals surface area contributed by atoms with E-state index in [0.717, 1.165) is 42.8 Å². The van der Waals surface area contributed by atoms with Gasteiger partial charge in [0.1, 0.15) is 17.3 Å². The minimum atomic E-state index is -1.77. The summed E-state index contributed by atoms with van der Waals surface area (Å²) >= 11 is 0. The van der Waals surface area contributed by atoms with Gasteiger partial charge in [-0.25, -0.2) is 4.39 Å². The molecule has 1 aromatic carbocycles. The van der Waals surface area contributed by atoms with E-state index in [1.165, 1.54) is 17.2 Å². The smallest absolute Gasteiger partial charge is 0.135 e. The number of fused-ring (bicyclic) bond motifs is 1. The second-order valence-corrected chi connectivity index (χ2v) is 14.9. The third-order valence-corrected chi connectivity index (χ3v) is 13.3. The number of benzene rings is 1. The monoisotopic (exact) mass is 402 g/mol. The Kier molecular flexibility index (Phi) is 7.72. The highest BCUT2D eigenvalue weighted by Crippen LogP contribution is 2.47. The van der Waals surface area contributed by atoms with Crippen molar-refractivity contribution < 1.29 is 9.13 Å². The summed E-state index contributed by atoms with van der Waals surface area (Å²) in [5, 5.41) is 0. The van der Waals surface area contributed by atoms with E-state index < -0.39 is 8.07 Å². The molecule has 0 saturated heterocycles. The molecule has 0 bridgehead atoms. The lowest BCUT2D eigenvalue weighted by Gasteiger charge is -2.41. The van der Waals surface area contributed by atoms with Gasteiger partial charge in [0.2, 0.25) is 0 Å². The van der Waals surface area contributed by atoms with Crippen LogP contribution in [0.25, 0.3) is 5.57 Å². The summed E-state index contributed by atoms with van der Waals surface area (Å²) in [5.74, 6) is 1.69. The summed E-state index contributed by atoms with van der Waals surface area (Å²) in [6, 6.07) is 4.98. The van der Waals surface area contributed by atoms with Crippen LogP contribution in [0.3, 0.4) is 0 Å². The van der Waals surface area contributed by atoms with E-state index in [2.05, 4.69) is 61.1 Å². The molecule has 156 valence electrons. The highest BCUT2D eigenvalue weighted by Gasteiger charge is 2.42. The van der Waals surface area contributed by atoms with Crippen LogP contribution in [0, 0.1) is 5.82 Å². The molecule has 0 atom stereocenters. The second kappa shape index (κ2) is 9.43. The van der Waals surface area contributed by atoms with Gasteiger partial charge < -0.3 is 4.74 Å². The fourth-order valence-corrected chi connectivity index (χ4v) is 10.9. The van der Waals surface area contributed by atoms with Crippen LogP contribution in [0.1, 0.15) is 86.6 Å². The van der Waals surface area contributed by atoms with Gasteiger partial charge in [-0.3, -0.25) is 0 Å². The van der Waals surface area contributed by atoms with Crippen molar-refractivity contribution in [1.82, 2.24) is 0 Å². The maximum atomic E-state index is 14.0. The zero-order valence-electron chi connectivity index (χ0n) is 19.2. The summed E-state index contributed by atoms with van der Waals surface area (Å²) < 4.78 is 20.5. The Balaban J connectivity index is 2.76. The predicted molar refractivity (Wildman–Crippen MR) is 123 cm³/mol. The van der Waals surface area contributed by atoms with E-state index in [-0.39, 0.29) is 5.82 Å². The van der Waals surface area contributed by atoms with E-state index in [4.69, 9.17) is 4.74 Å². The molecule has 0 unspecified atom stereocenters. The molecule has 3 heteroatoms. The van der Waals surface area contributed by atoms with Crippen molar-refractivity contribution in [2.45, 2.75) is 97.7 Å². The molecule has 0 aliphatic carbocycles. The minimum Gasteiger partial charge on any atom is -0.457 e. The zero-order valence-corrected chi connectivity index (χ0v) is 20.2. The lowest BCUT2D eigenvalue weighted by atomic mass is 9.90. The highest BCUT2D eigenvalue weighted by molar-refractivity contribution is 6.88. The summed E-state index contributed by atoms with van der Waals surface area (Å²) in [5.41, 5.74) is 8.01. The number of rotatable bonds is 8. The fourth-order valence-electron chi connectivity index (χ4n) is 5.22. The van der Waals surface area contributed by atoms with E-state index in [1.807, 2.05) is 0 Å². The zero-order chi connectivity index (χ0) is 21.1. The van der Waals surface area contributed by atoms with Crippen LogP contribution in [-0.2, 0) is 0 Å². The SMILES string of the molecule is CCCC1=C(CCC)c2cc(F)ccc2O/C1=C\[Si](C(C)C)(C(C)C)C(C)C. The first-order valence-corrected chi connectivity index (χ1v) is 13.4. The third kappa shape index (κ3) is 4.29. The summed E-state index contributed by atoms with van der Waals surface area (Å²) in [6.45, 7) is 18.7. The van der Waals surface area contributed by atoms with Gasteiger partial charge in [-0.1, -0.05) is 73.9 Å². The van der Waals surface area contributed by atoms with Gasteiger partial charge in [-0.05, 0) is 58.8 Å². The molecule has 1 aromatic rings. The van der Waals surface area contributed by atoms with Crippen LogP contribution < -0.4 is 4.74 Å². The standard InChI is InChI=1S/C25H39FOSi/c1-9-11-21-22(12-10-2)25(27-24-14-13-20(26)15-23(21)24)16-28(17(3)4,18(5)6)19(7)8/h13-19H,9-12H2,1-8H3/b25-16-. The molecule has 0 fully saturated rings. The minimum absolute atomic E-state index is 0.186. The number of hydrogen-bond acceptors (Lipinski definition) is 1. The molecule has 0 saturated carbocycles. The summed E-state index contributed by atoms with van der Waals surface area (Å²) in [6.07, 6.45) is 4.06. The normalized spacial score (nSPS) is 16.4. The van der Waals surface area contributed by atoms with Crippen LogP contribution in [0.2, 0.25) is 16.6 Å². The number of hydrogen-bond donors (Lipinski definition) is 0. The molecular weight excluding hydrogens is 363 g/mol. The second-order valence-electron chi connectivity index (χ2n) is 9.17. The maximum absolute atomic E-state index is 14.0. The molecule has 1 heterocycles. The maximum Gasteiger partial charge on any atom is 0.135 e. The molecular formula is C25H39FOSi. The molecule has 1 aliphatic rings. The first-order valence-electron chi connectivity index (χ1n) is 11.1. The largest absolute Gasteiger partial charge is 0.457 e. The van der Waals surface area contributed by atoms with Gasteiger partial charge in [0.05, 0.1) is 8.07 Å². The van der Waals surface area contributed by atoms with Crippen molar-refractivity contribution in [2.75, 3.05) is 0 Å². The quantitative estimate of drug-likeness (QED) is 0.395. The molecule has 0 spiro atoms. The Bertz CT molecular complexity index is 721. The fraction of sp³-hybridized carbons (Fsp3) is 0.600. The first kappa shape index (κ1) is 22.9. The molecule has 0 N–H and O–H groups in total. The average Bonchev–Trinajstić information content (AvgIpc) is 2.61. The summed E-state index contributed by atoms with van der Waals surface area (Å²) in [7, 11) is -1.77. The van der Waals surface area contributed by atoms with Crippen LogP contribution in [0.5, 0.6) is 5.75 Å². The van der Waals surface area contributed by atoms with Crippen molar-refractivity contribution in [1.29, 1.82) is 0 Å². The van der Waals surface area contributed by atoms with Crippen molar-refractivity contribution in [2.24, 2.45) is 0 Å². The Hall–Kier alpha value is -1.35. The van der Waals surface area contributed by atoms with Crippen LogP contribution >= 0.6 is 0 Å². The Morgan fingerprint density at radius 3 is 1.93 bits per heavy atom. The van der Waals surface area contributed by atoms with Crippen LogP contribution in [0.15, 0.2) is 35.2 Å². The lowest BCUT2D eigenvalue weighted by Crippen LogP contribution is -2.43. The summed E-state index contributed by atoms with van der Waals surface area (Å²) in [4.78, 5) is 0. The van der Waals surface area contributed by atoms with Crippen molar-refractivity contribution in [3.05, 3.63) is 46.6 Å². The van der Waals surface area contributed by atoms with E-state index in [9.17, 15) is 4.39 Å². The van der Waals surface area contributed by atoms with Gasteiger partial charge in [0.25, 0.3) is 0 Å². The molecule has 0 amide bonds. The van der Waals surface area contributed by atoms with Gasteiger partial charge in [0, 0.05) is 5.56 Å². The molecule has 0 radical (unpaired) electrons. The van der Waals surface area contributed by atoms with Crippen molar-refractivity contribution in [3.8, 4) is 5.75 Å². The Morgan fingerprint density at radius 2 is 1.43 bits per heavy atom. The lowest BCUT2D eigenvalue weighted by molar-refractivity contribution is 0.422. The average molecular weight is 403 g/mol. The van der Waals surface area contributed by atoms with Gasteiger partial charge in [0.15, 0.2) is 0 Å². The molecule has 1 aliphatic heterocycles. The van der Waals surface area contributed by atoms with E-state index in [0.29, 0.717) is 16.6 Å². The molecule has 28 heavy (non-hydrogen) atoms.